The standard InChI is InChI=1S/C18H19N3O2/c1-2-14-4-3-5-16(12-14)21-7-6-15(13-19)17(21)18(22)20-8-10-23-11-9-20/h3-7,12H,2,8-11H2,1H3. The molecule has 118 valence electrons. The molecule has 0 radical (unpaired) electrons. The number of ether oxygens (including phenoxy) is 1. The molecule has 0 bridgehead atoms. The first-order chi connectivity index (χ1) is 11.2. The van der Waals surface area contributed by atoms with Crippen LogP contribution in [0.4, 0.5) is 0 Å². The number of nitriles is 1. The number of aromatic nitrogens is 1. The van der Waals surface area contributed by atoms with Gasteiger partial charge in [0.1, 0.15) is 11.8 Å². The molecule has 3 rings (SSSR count). The molecule has 1 aromatic carbocycles. The fraction of sp³-hybridized carbons (Fsp3) is 0.333. The lowest BCUT2D eigenvalue weighted by Crippen LogP contribution is -2.41. The number of amides is 1. The van der Waals surface area contributed by atoms with Crippen LogP contribution in [0.15, 0.2) is 36.5 Å². The van der Waals surface area contributed by atoms with Gasteiger partial charge in [0.2, 0.25) is 0 Å². The number of rotatable bonds is 3. The summed E-state index contributed by atoms with van der Waals surface area (Å²) >= 11 is 0. The van der Waals surface area contributed by atoms with Crippen LogP contribution in [0.3, 0.4) is 0 Å². The minimum absolute atomic E-state index is 0.114. The predicted molar refractivity (Wildman–Crippen MR) is 86.6 cm³/mol. The molecule has 1 fully saturated rings. The monoisotopic (exact) mass is 309 g/mol. The first kappa shape index (κ1) is 15.3. The summed E-state index contributed by atoms with van der Waals surface area (Å²) in [5.74, 6) is -0.114. The third kappa shape index (κ3) is 2.99. The molecule has 1 aliphatic heterocycles. The summed E-state index contributed by atoms with van der Waals surface area (Å²) in [6, 6.07) is 11.9. The average molecular weight is 309 g/mol. The molecule has 1 aliphatic rings. The molecule has 1 aromatic heterocycles. The molecule has 0 saturated carbocycles. The van der Waals surface area contributed by atoms with Gasteiger partial charge in [-0.15, -0.1) is 0 Å². The first-order valence-corrected chi connectivity index (χ1v) is 7.82. The molecule has 0 aliphatic carbocycles. The minimum Gasteiger partial charge on any atom is -0.378 e. The number of nitrogens with zero attached hydrogens (tertiary/aromatic N) is 3. The fourth-order valence-corrected chi connectivity index (χ4v) is 2.80. The van der Waals surface area contributed by atoms with Crippen molar-refractivity contribution in [3.8, 4) is 11.8 Å². The molecule has 2 aromatic rings. The van der Waals surface area contributed by atoms with Crippen molar-refractivity contribution >= 4 is 5.91 Å². The third-order valence-corrected chi connectivity index (χ3v) is 4.10. The molecule has 5 heteroatoms. The van der Waals surface area contributed by atoms with Crippen LogP contribution in [0.2, 0.25) is 0 Å². The van der Waals surface area contributed by atoms with Crippen molar-refractivity contribution in [1.29, 1.82) is 5.26 Å². The number of aryl methyl sites for hydroxylation is 1. The van der Waals surface area contributed by atoms with E-state index in [1.165, 1.54) is 5.56 Å². The summed E-state index contributed by atoms with van der Waals surface area (Å²) in [4.78, 5) is 14.6. The van der Waals surface area contributed by atoms with Crippen LogP contribution in [-0.2, 0) is 11.2 Å². The maximum Gasteiger partial charge on any atom is 0.272 e. The molecular formula is C18H19N3O2. The Morgan fingerprint density at radius 3 is 2.78 bits per heavy atom. The zero-order chi connectivity index (χ0) is 16.2. The predicted octanol–water partition coefficient (Wildman–Crippen LogP) is 2.38. The van der Waals surface area contributed by atoms with E-state index in [-0.39, 0.29) is 5.91 Å². The second kappa shape index (κ2) is 6.67. The molecule has 23 heavy (non-hydrogen) atoms. The van der Waals surface area contributed by atoms with Crippen LogP contribution in [0.25, 0.3) is 5.69 Å². The van der Waals surface area contributed by atoms with Gasteiger partial charge in [0.15, 0.2) is 0 Å². The number of carbonyl (C=O) groups is 1. The Balaban J connectivity index is 2.03. The highest BCUT2D eigenvalue weighted by Gasteiger charge is 2.25. The smallest absolute Gasteiger partial charge is 0.272 e. The second-order valence-corrected chi connectivity index (χ2v) is 5.49. The summed E-state index contributed by atoms with van der Waals surface area (Å²) in [5, 5.41) is 9.37. The van der Waals surface area contributed by atoms with Crippen LogP contribution >= 0.6 is 0 Å². The zero-order valence-electron chi connectivity index (χ0n) is 13.2. The fourth-order valence-electron chi connectivity index (χ4n) is 2.80. The van der Waals surface area contributed by atoms with Gasteiger partial charge in [0, 0.05) is 25.0 Å². The zero-order valence-corrected chi connectivity index (χ0v) is 13.2. The summed E-state index contributed by atoms with van der Waals surface area (Å²) in [7, 11) is 0. The molecule has 0 N–H and O–H groups in total. The van der Waals surface area contributed by atoms with Crippen molar-refractivity contribution in [2.75, 3.05) is 26.3 Å². The summed E-state index contributed by atoms with van der Waals surface area (Å²) in [5.41, 5.74) is 2.94. The van der Waals surface area contributed by atoms with Gasteiger partial charge in [-0.2, -0.15) is 5.26 Å². The van der Waals surface area contributed by atoms with E-state index in [2.05, 4.69) is 25.1 Å². The van der Waals surface area contributed by atoms with Crippen LogP contribution in [0.1, 0.15) is 28.5 Å². The molecule has 0 atom stereocenters. The highest BCUT2D eigenvalue weighted by molar-refractivity contribution is 5.96. The molecule has 2 heterocycles. The molecule has 0 spiro atoms. The minimum atomic E-state index is -0.114. The lowest BCUT2D eigenvalue weighted by atomic mass is 10.1. The Labute approximate surface area is 135 Å². The SMILES string of the molecule is CCc1cccc(-n2ccc(C#N)c2C(=O)N2CCOCC2)c1. The highest BCUT2D eigenvalue weighted by atomic mass is 16.5. The van der Waals surface area contributed by atoms with E-state index in [4.69, 9.17) is 4.74 Å². The van der Waals surface area contributed by atoms with Crippen molar-refractivity contribution in [2.45, 2.75) is 13.3 Å². The average Bonchev–Trinajstić information content (AvgIpc) is 3.06. The largest absolute Gasteiger partial charge is 0.378 e. The van der Waals surface area contributed by atoms with E-state index >= 15 is 0 Å². The van der Waals surface area contributed by atoms with Crippen LogP contribution in [0.5, 0.6) is 0 Å². The van der Waals surface area contributed by atoms with Gasteiger partial charge < -0.3 is 14.2 Å². The van der Waals surface area contributed by atoms with Gasteiger partial charge >= 0.3 is 0 Å². The van der Waals surface area contributed by atoms with Crippen molar-refractivity contribution in [2.24, 2.45) is 0 Å². The molecule has 0 unspecified atom stereocenters. The topological polar surface area (TPSA) is 58.3 Å². The Morgan fingerprint density at radius 1 is 1.30 bits per heavy atom. The number of hydrogen-bond acceptors (Lipinski definition) is 3. The Hall–Kier alpha value is -2.58. The number of benzene rings is 1. The summed E-state index contributed by atoms with van der Waals surface area (Å²) < 4.78 is 7.12. The van der Waals surface area contributed by atoms with Gasteiger partial charge in [-0.25, -0.2) is 0 Å². The van der Waals surface area contributed by atoms with Gasteiger partial charge in [0.25, 0.3) is 5.91 Å². The molecular weight excluding hydrogens is 290 g/mol. The first-order valence-electron chi connectivity index (χ1n) is 7.82. The Bertz CT molecular complexity index is 752. The van der Waals surface area contributed by atoms with E-state index in [1.807, 2.05) is 16.7 Å². The van der Waals surface area contributed by atoms with Gasteiger partial charge in [-0.3, -0.25) is 4.79 Å². The van der Waals surface area contributed by atoms with Gasteiger partial charge in [0.05, 0.1) is 18.8 Å². The number of hydrogen-bond donors (Lipinski definition) is 0. The second-order valence-electron chi connectivity index (χ2n) is 5.49. The normalized spacial score (nSPS) is 14.5. The lowest BCUT2D eigenvalue weighted by Gasteiger charge is -2.27. The van der Waals surface area contributed by atoms with Gasteiger partial charge in [-0.1, -0.05) is 19.1 Å². The van der Waals surface area contributed by atoms with Crippen molar-refractivity contribution < 1.29 is 9.53 Å². The quantitative estimate of drug-likeness (QED) is 0.874. The van der Waals surface area contributed by atoms with Crippen LogP contribution in [0, 0.1) is 11.3 Å². The molecule has 1 saturated heterocycles. The van der Waals surface area contributed by atoms with E-state index in [0.29, 0.717) is 37.6 Å². The Kier molecular flexibility index (Phi) is 4.45. The van der Waals surface area contributed by atoms with Crippen molar-refractivity contribution in [3.63, 3.8) is 0 Å². The summed E-state index contributed by atoms with van der Waals surface area (Å²) in [6.45, 7) is 4.29. The van der Waals surface area contributed by atoms with Crippen LogP contribution in [-0.4, -0.2) is 41.7 Å². The molecule has 1 amide bonds. The number of morpholine rings is 1. The van der Waals surface area contributed by atoms with Gasteiger partial charge in [-0.05, 0) is 30.2 Å². The maximum absolute atomic E-state index is 12.9. The van der Waals surface area contributed by atoms with E-state index < -0.39 is 0 Å². The van der Waals surface area contributed by atoms with E-state index in [1.54, 1.807) is 17.2 Å². The Morgan fingerprint density at radius 2 is 2.09 bits per heavy atom. The third-order valence-electron chi connectivity index (χ3n) is 4.10. The highest BCUT2D eigenvalue weighted by Crippen LogP contribution is 2.20. The van der Waals surface area contributed by atoms with Crippen molar-refractivity contribution in [3.05, 3.63) is 53.3 Å². The lowest BCUT2D eigenvalue weighted by molar-refractivity contribution is 0.0297. The number of carbonyl (C=O) groups excluding carboxylic acids is 1. The maximum atomic E-state index is 12.9. The van der Waals surface area contributed by atoms with E-state index in [0.717, 1.165) is 12.1 Å². The molecule has 5 nitrogen and oxygen atoms in total. The van der Waals surface area contributed by atoms with Crippen LogP contribution < -0.4 is 0 Å². The summed E-state index contributed by atoms with van der Waals surface area (Å²) in [6.07, 6.45) is 2.72. The van der Waals surface area contributed by atoms with Crippen molar-refractivity contribution in [1.82, 2.24) is 9.47 Å². The van der Waals surface area contributed by atoms with E-state index in [9.17, 15) is 10.1 Å².